The number of carbonyl (C=O) groups is 2. The van der Waals surface area contributed by atoms with E-state index < -0.39 is 5.97 Å². The number of hydrogen-bond acceptors (Lipinski definition) is 7. The van der Waals surface area contributed by atoms with E-state index in [2.05, 4.69) is 20.2 Å². The minimum Gasteiger partial charge on any atom is -0.484 e. The average molecular weight is 443 g/mol. The third-order valence-electron chi connectivity index (χ3n) is 4.77. The smallest absolute Gasteiger partial charge is 0.337 e. The van der Waals surface area contributed by atoms with E-state index in [1.807, 2.05) is 31.2 Å². The fourth-order valence-electron chi connectivity index (χ4n) is 3.04. The highest BCUT2D eigenvalue weighted by molar-refractivity contribution is 5.95. The second-order valence-corrected chi connectivity index (χ2v) is 7.22. The summed E-state index contributed by atoms with van der Waals surface area (Å²) in [6.45, 7) is 1.82. The second-order valence-electron chi connectivity index (χ2n) is 7.22. The van der Waals surface area contributed by atoms with Gasteiger partial charge in [0, 0.05) is 16.8 Å². The van der Waals surface area contributed by atoms with Crippen LogP contribution in [0.15, 0.2) is 77.3 Å². The summed E-state index contributed by atoms with van der Waals surface area (Å²) in [5.41, 5.74) is 3.58. The molecular formula is C25H21N3O5. The van der Waals surface area contributed by atoms with E-state index in [9.17, 15) is 9.59 Å². The van der Waals surface area contributed by atoms with E-state index in [1.54, 1.807) is 42.5 Å². The Kier molecular flexibility index (Phi) is 6.45. The summed E-state index contributed by atoms with van der Waals surface area (Å²) in [5.74, 6) is 0.574. The Labute approximate surface area is 190 Å². The molecule has 0 spiro atoms. The summed E-state index contributed by atoms with van der Waals surface area (Å²) in [6, 6.07) is 21.3. The summed E-state index contributed by atoms with van der Waals surface area (Å²) in [6.07, 6.45) is 0. The van der Waals surface area contributed by atoms with Gasteiger partial charge < -0.3 is 19.3 Å². The number of esters is 1. The molecule has 0 radical (unpaired) electrons. The van der Waals surface area contributed by atoms with Gasteiger partial charge in [0.15, 0.2) is 6.61 Å². The van der Waals surface area contributed by atoms with Gasteiger partial charge >= 0.3 is 5.97 Å². The van der Waals surface area contributed by atoms with Gasteiger partial charge in [-0.2, -0.15) is 4.98 Å². The van der Waals surface area contributed by atoms with Crippen LogP contribution in [0.3, 0.4) is 0 Å². The third-order valence-corrected chi connectivity index (χ3v) is 4.77. The molecule has 0 bridgehead atoms. The van der Waals surface area contributed by atoms with Crippen molar-refractivity contribution in [2.45, 2.75) is 6.92 Å². The van der Waals surface area contributed by atoms with E-state index in [-0.39, 0.29) is 12.5 Å². The van der Waals surface area contributed by atoms with Gasteiger partial charge in [0.1, 0.15) is 5.75 Å². The van der Waals surface area contributed by atoms with Gasteiger partial charge in [-0.15, -0.1) is 0 Å². The Morgan fingerprint density at radius 3 is 2.42 bits per heavy atom. The Bertz CT molecular complexity index is 1260. The van der Waals surface area contributed by atoms with E-state index >= 15 is 0 Å². The van der Waals surface area contributed by atoms with Crippen LogP contribution >= 0.6 is 0 Å². The van der Waals surface area contributed by atoms with Crippen LogP contribution in [-0.2, 0) is 9.53 Å². The molecule has 8 heteroatoms. The summed E-state index contributed by atoms with van der Waals surface area (Å²) in [4.78, 5) is 28.2. The maximum Gasteiger partial charge on any atom is 0.337 e. The molecule has 0 aliphatic heterocycles. The van der Waals surface area contributed by atoms with Crippen LogP contribution in [0.25, 0.3) is 22.8 Å². The van der Waals surface area contributed by atoms with Gasteiger partial charge in [-0.05, 0) is 49.4 Å². The first-order valence-electron chi connectivity index (χ1n) is 10.1. The zero-order chi connectivity index (χ0) is 23.2. The van der Waals surface area contributed by atoms with Gasteiger partial charge in [-0.3, -0.25) is 4.79 Å². The van der Waals surface area contributed by atoms with Crippen LogP contribution in [0.4, 0.5) is 5.69 Å². The maximum absolute atomic E-state index is 12.2. The highest BCUT2D eigenvalue weighted by Crippen LogP contribution is 2.24. The number of aryl methyl sites for hydroxylation is 1. The molecule has 0 saturated heterocycles. The number of carbonyl (C=O) groups excluding carboxylic acids is 2. The van der Waals surface area contributed by atoms with Crippen LogP contribution in [0, 0.1) is 6.92 Å². The molecule has 0 fully saturated rings. The van der Waals surface area contributed by atoms with Gasteiger partial charge in [0.25, 0.3) is 11.8 Å². The lowest BCUT2D eigenvalue weighted by molar-refractivity contribution is -0.118. The predicted molar refractivity (Wildman–Crippen MR) is 122 cm³/mol. The van der Waals surface area contributed by atoms with E-state index in [0.29, 0.717) is 28.7 Å². The Balaban J connectivity index is 1.34. The minimum absolute atomic E-state index is 0.195. The Hall–Kier alpha value is -4.46. The number of amides is 1. The molecule has 0 aliphatic carbocycles. The number of nitrogens with one attached hydrogen (secondary N) is 1. The summed E-state index contributed by atoms with van der Waals surface area (Å²) in [5, 5.41) is 6.72. The van der Waals surface area contributed by atoms with E-state index in [1.165, 1.54) is 13.2 Å². The van der Waals surface area contributed by atoms with Crippen molar-refractivity contribution in [3.63, 3.8) is 0 Å². The topological polar surface area (TPSA) is 104 Å². The minimum atomic E-state index is -0.477. The van der Waals surface area contributed by atoms with Crippen molar-refractivity contribution in [1.29, 1.82) is 0 Å². The van der Waals surface area contributed by atoms with Gasteiger partial charge in [-0.1, -0.05) is 41.1 Å². The number of benzene rings is 3. The molecule has 3 aromatic carbocycles. The highest BCUT2D eigenvalue weighted by Gasteiger charge is 2.12. The molecule has 0 saturated carbocycles. The van der Waals surface area contributed by atoms with Crippen molar-refractivity contribution in [2.75, 3.05) is 19.0 Å². The number of ether oxygens (including phenoxy) is 2. The largest absolute Gasteiger partial charge is 0.484 e. The van der Waals surface area contributed by atoms with Gasteiger partial charge in [-0.25, -0.2) is 4.79 Å². The molecule has 0 atom stereocenters. The average Bonchev–Trinajstić information content (AvgIpc) is 3.33. The number of anilines is 1. The molecule has 33 heavy (non-hydrogen) atoms. The normalized spacial score (nSPS) is 10.5. The van der Waals surface area contributed by atoms with Crippen LogP contribution in [0.2, 0.25) is 0 Å². The van der Waals surface area contributed by atoms with Gasteiger partial charge in [0.05, 0.1) is 12.7 Å². The van der Waals surface area contributed by atoms with Crippen LogP contribution in [0.5, 0.6) is 5.75 Å². The van der Waals surface area contributed by atoms with Crippen molar-refractivity contribution >= 4 is 17.6 Å². The fourth-order valence-corrected chi connectivity index (χ4v) is 3.04. The maximum atomic E-state index is 12.2. The first-order chi connectivity index (χ1) is 16.0. The SMILES string of the molecule is COC(=O)c1cccc(NC(=O)COc2ccc(-c3nc(-c4ccc(C)cc4)no3)cc2)c1. The number of rotatable bonds is 7. The standard InChI is InChI=1S/C25H21N3O5/c1-16-6-8-17(9-7-16)23-27-24(33-28-23)18-10-12-21(13-11-18)32-15-22(29)26-20-5-3-4-19(14-20)25(30)31-2/h3-14H,15H2,1-2H3,(H,26,29). The van der Waals surface area contributed by atoms with E-state index in [4.69, 9.17) is 9.26 Å². The third kappa shape index (κ3) is 5.43. The lowest BCUT2D eigenvalue weighted by Crippen LogP contribution is -2.20. The molecule has 0 aliphatic rings. The number of aromatic nitrogens is 2. The lowest BCUT2D eigenvalue weighted by atomic mass is 10.1. The first kappa shape index (κ1) is 21.8. The van der Waals surface area contributed by atoms with Crippen molar-refractivity contribution in [3.8, 4) is 28.6 Å². The molecule has 4 rings (SSSR count). The lowest BCUT2D eigenvalue weighted by Gasteiger charge is -2.08. The second kappa shape index (κ2) is 9.78. The van der Waals surface area contributed by atoms with Crippen LogP contribution in [0.1, 0.15) is 15.9 Å². The number of methoxy groups -OCH3 is 1. The molecular weight excluding hydrogens is 422 g/mol. The van der Waals surface area contributed by atoms with Crippen molar-refractivity contribution in [2.24, 2.45) is 0 Å². The molecule has 1 N–H and O–H groups in total. The molecule has 0 unspecified atom stereocenters. The molecule has 1 amide bonds. The number of hydrogen-bond donors (Lipinski definition) is 1. The summed E-state index contributed by atoms with van der Waals surface area (Å²) < 4.78 is 15.6. The Morgan fingerprint density at radius 1 is 0.970 bits per heavy atom. The first-order valence-corrected chi connectivity index (χ1v) is 10.1. The quantitative estimate of drug-likeness (QED) is 0.419. The molecule has 4 aromatic rings. The number of nitrogens with zero attached hydrogens (tertiary/aromatic N) is 2. The zero-order valence-electron chi connectivity index (χ0n) is 18.1. The van der Waals surface area contributed by atoms with Crippen LogP contribution in [-0.4, -0.2) is 35.7 Å². The monoisotopic (exact) mass is 443 g/mol. The van der Waals surface area contributed by atoms with Crippen molar-refractivity contribution in [3.05, 3.63) is 83.9 Å². The van der Waals surface area contributed by atoms with Gasteiger partial charge in [0.2, 0.25) is 5.82 Å². The highest BCUT2D eigenvalue weighted by atomic mass is 16.5. The predicted octanol–water partition coefficient (Wildman–Crippen LogP) is 4.52. The van der Waals surface area contributed by atoms with E-state index in [0.717, 1.165) is 16.7 Å². The van der Waals surface area contributed by atoms with Crippen molar-refractivity contribution < 1.29 is 23.6 Å². The van der Waals surface area contributed by atoms with Crippen LogP contribution < -0.4 is 10.1 Å². The molecule has 166 valence electrons. The summed E-state index contributed by atoms with van der Waals surface area (Å²) in [7, 11) is 1.30. The van der Waals surface area contributed by atoms with Crippen molar-refractivity contribution in [1.82, 2.24) is 10.1 Å². The Morgan fingerprint density at radius 2 is 1.70 bits per heavy atom. The molecule has 1 heterocycles. The molecule has 8 nitrogen and oxygen atoms in total. The molecule has 1 aromatic heterocycles. The zero-order valence-corrected chi connectivity index (χ0v) is 18.1. The fraction of sp³-hybridized carbons (Fsp3) is 0.120. The summed E-state index contributed by atoms with van der Waals surface area (Å²) >= 11 is 0.